The topological polar surface area (TPSA) is 51.6 Å². The van der Waals surface area contributed by atoms with E-state index < -0.39 is 0 Å². The van der Waals surface area contributed by atoms with Crippen LogP contribution < -0.4 is 5.32 Å². The summed E-state index contributed by atoms with van der Waals surface area (Å²) in [6.07, 6.45) is 2.26. The summed E-state index contributed by atoms with van der Waals surface area (Å²) < 4.78 is 13.3. The number of aromatic nitrogens is 1. The van der Waals surface area contributed by atoms with Gasteiger partial charge in [0, 0.05) is 31.1 Å². The summed E-state index contributed by atoms with van der Waals surface area (Å²) in [5.74, 6) is -0.232. The van der Waals surface area contributed by atoms with E-state index in [9.17, 15) is 4.39 Å². The highest BCUT2D eigenvalue weighted by atomic mass is 19.1. The number of rotatable bonds is 4. The first-order valence-corrected chi connectivity index (χ1v) is 5.14. The Morgan fingerprint density at radius 2 is 2.31 bits per heavy atom. The third-order valence-electron chi connectivity index (χ3n) is 2.43. The lowest BCUT2D eigenvalue weighted by atomic mass is 10.1. The van der Waals surface area contributed by atoms with Gasteiger partial charge < -0.3 is 10.3 Å². The zero-order chi connectivity index (χ0) is 11.4. The molecule has 82 valence electrons. The lowest BCUT2D eigenvalue weighted by Crippen LogP contribution is -2.14. The summed E-state index contributed by atoms with van der Waals surface area (Å²) in [5, 5.41) is 12.4. The molecule has 0 aliphatic carbocycles. The summed E-state index contributed by atoms with van der Waals surface area (Å²) in [6, 6.07) is 6.91. The lowest BCUT2D eigenvalue weighted by Gasteiger charge is -2.05. The predicted molar refractivity (Wildman–Crippen MR) is 60.2 cm³/mol. The maximum atomic E-state index is 13.3. The molecule has 4 heteroatoms. The van der Waals surface area contributed by atoms with Crippen LogP contribution in [0.5, 0.6) is 0 Å². The molecule has 16 heavy (non-hydrogen) atoms. The number of nitrogens with zero attached hydrogens (tertiary/aromatic N) is 1. The third-order valence-corrected chi connectivity index (χ3v) is 2.43. The average molecular weight is 217 g/mol. The van der Waals surface area contributed by atoms with Crippen LogP contribution in [0.25, 0.3) is 10.9 Å². The normalized spacial score (nSPS) is 10.5. The molecule has 2 aromatic rings. The molecule has 0 fully saturated rings. The molecule has 3 nitrogen and oxygen atoms in total. The molecule has 0 atom stereocenters. The molecular formula is C12H12FN3. The first-order chi connectivity index (χ1) is 7.81. The van der Waals surface area contributed by atoms with Crippen molar-refractivity contribution in [1.82, 2.24) is 10.3 Å². The SMILES string of the molecule is N#CCCNCc1cc(F)cc2cc[nH]c12. The Morgan fingerprint density at radius 1 is 1.44 bits per heavy atom. The van der Waals surface area contributed by atoms with Crippen LogP contribution in [-0.4, -0.2) is 11.5 Å². The van der Waals surface area contributed by atoms with Crippen molar-refractivity contribution in [1.29, 1.82) is 5.26 Å². The van der Waals surface area contributed by atoms with Gasteiger partial charge in [0.15, 0.2) is 0 Å². The summed E-state index contributed by atoms with van der Waals surface area (Å²) in [7, 11) is 0. The van der Waals surface area contributed by atoms with Gasteiger partial charge in [-0.1, -0.05) is 0 Å². The van der Waals surface area contributed by atoms with E-state index in [4.69, 9.17) is 5.26 Å². The van der Waals surface area contributed by atoms with Crippen LogP contribution in [0.15, 0.2) is 24.4 Å². The first kappa shape index (κ1) is 10.7. The Balaban J connectivity index is 2.16. The zero-order valence-corrected chi connectivity index (χ0v) is 8.76. The molecule has 0 radical (unpaired) electrons. The van der Waals surface area contributed by atoms with Crippen LogP contribution in [0.1, 0.15) is 12.0 Å². The van der Waals surface area contributed by atoms with Gasteiger partial charge >= 0.3 is 0 Å². The van der Waals surface area contributed by atoms with Crippen molar-refractivity contribution in [2.75, 3.05) is 6.54 Å². The molecule has 1 heterocycles. The smallest absolute Gasteiger partial charge is 0.124 e. The van der Waals surface area contributed by atoms with Gasteiger partial charge in [0.1, 0.15) is 5.82 Å². The second-order valence-corrected chi connectivity index (χ2v) is 3.59. The van der Waals surface area contributed by atoms with Gasteiger partial charge in [-0.25, -0.2) is 4.39 Å². The minimum atomic E-state index is -0.232. The molecule has 0 bridgehead atoms. The number of H-pyrrole nitrogens is 1. The van der Waals surface area contributed by atoms with E-state index in [1.165, 1.54) is 12.1 Å². The minimum absolute atomic E-state index is 0.232. The second-order valence-electron chi connectivity index (χ2n) is 3.59. The van der Waals surface area contributed by atoms with Crippen molar-refractivity contribution < 1.29 is 4.39 Å². The monoisotopic (exact) mass is 217 g/mol. The zero-order valence-electron chi connectivity index (χ0n) is 8.76. The molecule has 1 aromatic heterocycles. The number of fused-ring (bicyclic) bond motifs is 1. The van der Waals surface area contributed by atoms with Crippen molar-refractivity contribution in [3.05, 3.63) is 35.8 Å². The third kappa shape index (κ3) is 2.20. The molecule has 0 unspecified atom stereocenters. The lowest BCUT2D eigenvalue weighted by molar-refractivity contribution is 0.623. The van der Waals surface area contributed by atoms with E-state index in [1.54, 1.807) is 6.20 Å². The Bertz CT molecular complexity index is 525. The number of hydrogen-bond acceptors (Lipinski definition) is 2. The highest BCUT2D eigenvalue weighted by Crippen LogP contribution is 2.18. The van der Waals surface area contributed by atoms with E-state index in [0.29, 0.717) is 19.5 Å². The van der Waals surface area contributed by atoms with E-state index in [1.807, 2.05) is 6.07 Å². The van der Waals surface area contributed by atoms with Crippen molar-refractivity contribution in [3.8, 4) is 6.07 Å². The van der Waals surface area contributed by atoms with Gasteiger partial charge in [-0.15, -0.1) is 0 Å². The average Bonchev–Trinajstić information content (AvgIpc) is 2.72. The highest BCUT2D eigenvalue weighted by molar-refractivity contribution is 5.82. The number of benzene rings is 1. The van der Waals surface area contributed by atoms with Gasteiger partial charge in [0.05, 0.1) is 11.6 Å². The summed E-state index contributed by atoms with van der Waals surface area (Å²) >= 11 is 0. The largest absolute Gasteiger partial charge is 0.361 e. The maximum absolute atomic E-state index is 13.3. The number of nitrogens with one attached hydrogen (secondary N) is 2. The molecule has 0 saturated heterocycles. The fourth-order valence-electron chi connectivity index (χ4n) is 1.72. The number of hydrogen-bond donors (Lipinski definition) is 2. The standard InChI is InChI=1S/C12H12FN3/c13-11-6-9-2-5-16-12(9)10(7-11)8-15-4-1-3-14/h2,5-7,15-16H,1,4,8H2. The van der Waals surface area contributed by atoms with Crippen LogP contribution in [0.2, 0.25) is 0 Å². The number of nitriles is 1. The summed E-state index contributed by atoms with van der Waals surface area (Å²) in [4.78, 5) is 3.08. The van der Waals surface area contributed by atoms with Crippen LogP contribution in [0.3, 0.4) is 0 Å². The molecule has 2 N–H and O–H groups in total. The quantitative estimate of drug-likeness (QED) is 0.772. The summed E-state index contributed by atoms with van der Waals surface area (Å²) in [5.41, 5.74) is 1.84. The molecule has 0 spiro atoms. The Morgan fingerprint density at radius 3 is 3.12 bits per heavy atom. The minimum Gasteiger partial charge on any atom is -0.361 e. The highest BCUT2D eigenvalue weighted by Gasteiger charge is 2.04. The van der Waals surface area contributed by atoms with Gasteiger partial charge in [0.25, 0.3) is 0 Å². The molecule has 1 aromatic carbocycles. The molecule has 2 rings (SSSR count). The van der Waals surface area contributed by atoms with Crippen molar-refractivity contribution >= 4 is 10.9 Å². The van der Waals surface area contributed by atoms with Crippen molar-refractivity contribution in [2.24, 2.45) is 0 Å². The Kier molecular flexibility index (Phi) is 3.18. The van der Waals surface area contributed by atoms with Crippen LogP contribution in [-0.2, 0) is 6.54 Å². The van der Waals surface area contributed by atoms with E-state index in [0.717, 1.165) is 16.5 Å². The van der Waals surface area contributed by atoms with Gasteiger partial charge in [-0.05, 0) is 23.8 Å². The fourth-order valence-corrected chi connectivity index (χ4v) is 1.72. The molecule has 0 aliphatic heterocycles. The van der Waals surface area contributed by atoms with E-state index in [-0.39, 0.29) is 5.82 Å². The van der Waals surface area contributed by atoms with Crippen molar-refractivity contribution in [3.63, 3.8) is 0 Å². The van der Waals surface area contributed by atoms with Crippen LogP contribution >= 0.6 is 0 Å². The van der Waals surface area contributed by atoms with Gasteiger partial charge in [-0.2, -0.15) is 5.26 Å². The van der Waals surface area contributed by atoms with Gasteiger partial charge in [-0.3, -0.25) is 0 Å². The Labute approximate surface area is 92.9 Å². The van der Waals surface area contributed by atoms with E-state index >= 15 is 0 Å². The molecule has 0 aliphatic rings. The van der Waals surface area contributed by atoms with Crippen LogP contribution in [0, 0.1) is 17.1 Å². The van der Waals surface area contributed by atoms with Gasteiger partial charge in [0.2, 0.25) is 0 Å². The fraction of sp³-hybridized carbons (Fsp3) is 0.250. The maximum Gasteiger partial charge on any atom is 0.124 e. The van der Waals surface area contributed by atoms with Crippen molar-refractivity contribution in [2.45, 2.75) is 13.0 Å². The molecular weight excluding hydrogens is 205 g/mol. The number of aromatic amines is 1. The first-order valence-electron chi connectivity index (χ1n) is 5.14. The predicted octanol–water partition coefficient (Wildman–Crippen LogP) is 2.31. The van der Waals surface area contributed by atoms with Crippen LogP contribution in [0.4, 0.5) is 4.39 Å². The molecule has 0 saturated carbocycles. The molecule has 0 amide bonds. The Hall–Kier alpha value is -1.86. The number of halogens is 1. The summed E-state index contributed by atoms with van der Waals surface area (Å²) in [6.45, 7) is 1.19. The van der Waals surface area contributed by atoms with E-state index in [2.05, 4.69) is 16.4 Å². The second kappa shape index (κ2) is 4.77.